The summed E-state index contributed by atoms with van der Waals surface area (Å²) in [6.07, 6.45) is 3.30. The van der Waals surface area contributed by atoms with Crippen molar-refractivity contribution in [2.45, 2.75) is 25.0 Å². The van der Waals surface area contributed by atoms with Crippen molar-refractivity contribution in [2.24, 2.45) is 0 Å². The second kappa shape index (κ2) is 5.00. The second-order valence-electron chi connectivity index (χ2n) is 5.26. The summed E-state index contributed by atoms with van der Waals surface area (Å²) in [6, 6.07) is 0.940. The molecule has 0 amide bonds. The zero-order valence-electron chi connectivity index (χ0n) is 10.0. The van der Waals surface area contributed by atoms with Gasteiger partial charge in [-0.05, 0) is 12.8 Å². The molecule has 92 valence electrons. The molecule has 2 heterocycles. The van der Waals surface area contributed by atoms with E-state index >= 15 is 0 Å². The van der Waals surface area contributed by atoms with Gasteiger partial charge in [0, 0.05) is 51.9 Å². The van der Waals surface area contributed by atoms with Crippen LogP contribution in [0.15, 0.2) is 0 Å². The van der Waals surface area contributed by atoms with Crippen molar-refractivity contribution in [1.82, 2.24) is 15.1 Å². The molecule has 0 bridgehead atoms. The van der Waals surface area contributed by atoms with Crippen molar-refractivity contribution in [2.75, 3.05) is 52.4 Å². The number of rotatable bonds is 3. The van der Waals surface area contributed by atoms with E-state index in [1.54, 1.807) is 0 Å². The van der Waals surface area contributed by atoms with Gasteiger partial charge in [-0.15, -0.1) is 0 Å². The minimum atomic E-state index is 0.418. The summed E-state index contributed by atoms with van der Waals surface area (Å²) < 4.78 is 5.75. The average Bonchev–Trinajstić information content (AvgIpc) is 3.15. The van der Waals surface area contributed by atoms with Crippen LogP contribution >= 0.6 is 0 Å². The summed E-state index contributed by atoms with van der Waals surface area (Å²) in [5, 5.41) is 3.40. The molecule has 1 saturated carbocycles. The predicted molar refractivity (Wildman–Crippen MR) is 63.6 cm³/mol. The Hall–Kier alpha value is -0.160. The largest absolute Gasteiger partial charge is 0.374 e. The molecule has 0 aromatic rings. The fourth-order valence-corrected chi connectivity index (χ4v) is 2.78. The van der Waals surface area contributed by atoms with Crippen LogP contribution in [-0.4, -0.2) is 74.4 Å². The fraction of sp³-hybridized carbons (Fsp3) is 1.00. The lowest BCUT2D eigenvalue weighted by molar-refractivity contribution is -0.00453. The van der Waals surface area contributed by atoms with Crippen LogP contribution in [0.3, 0.4) is 0 Å². The van der Waals surface area contributed by atoms with E-state index in [0.717, 1.165) is 32.3 Å². The van der Waals surface area contributed by atoms with Gasteiger partial charge in [-0.3, -0.25) is 9.80 Å². The van der Waals surface area contributed by atoms with Gasteiger partial charge in [0.2, 0.25) is 0 Å². The number of ether oxygens (including phenoxy) is 1. The third-order valence-corrected chi connectivity index (χ3v) is 3.94. The third-order valence-electron chi connectivity index (χ3n) is 3.94. The molecule has 2 aliphatic heterocycles. The van der Waals surface area contributed by atoms with E-state index < -0.39 is 0 Å². The first-order valence-electron chi connectivity index (χ1n) is 6.70. The number of morpholine rings is 1. The highest BCUT2D eigenvalue weighted by atomic mass is 16.5. The van der Waals surface area contributed by atoms with Crippen molar-refractivity contribution in [3.63, 3.8) is 0 Å². The van der Waals surface area contributed by atoms with Gasteiger partial charge >= 0.3 is 0 Å². The number of piperazine rings is 1. The maximum Gasteiger partial charge on any atom is 0.0826 e. The minimum Gasteiger partial charge on any atom is -0.374 e. The number of hydrogen-bond acceptors (Lipinski definition) is 4. The zero-order chi connectivity index (χ0) is 10.8. The molecule has 1 N–H and O–H groups in total. The molecule has 1 unspecified atom stereocenters. The molecule has 4 heteroatoms. The van der Waals surface area contributed by atoms with Crippen molar-refractivity contribution in [3.8, 4) is 0 Å². The molecule has 1 atom stereocenters. The molecule has 1 aliphatic carbocycles. The van der Waals surface area contributed by atoms with Crippen LogP contribution in [0.25, 0.3) is 0 Å². The van der Waals surface area contributed by atoms with Gasteiger partial charge in [-0.25, -0.2) is 0 Å². The SMILES string of the molecule is C1COC(CN2CCN(C3CC3)CC2)CN1. The first-order chi connectivity index (χ1) is 7.92. The van der Waals surface area contributed by atoms with E-state index in [0.29, 0.717) is 6.10 Å². The van der Waals surface area contributed by atoms with E-state index in [1.165, 1.54) is 39.0 Å². The van der Waals surface area contributed by atoms with Gasteiger partial charge in [0.05, 0.1) is 12.7 Å². The van der Waals surface area contributed by atoms with Crippen LogP contribution < -0.4 is 5.32 Å². The summed E-state index contributed by atoms with van der Waals surface area (Å²) in [5.74, 6) is 0. The monoisotopic (exact) mass is 225 g/mol. The molecule has 3 aliphatic rings. The summed E-state index contributed by atoms with van der Waals surface area (Å²) >= 11 is 0. The normalized spacial score (nSPS) is 34.1. The third kappa shape index (κ3) is 2.74. The van der Waals surface area contributed by atoms with E-state index in [2.05, 4.69) is 15.1 Å². The maximum absolute atomic E-state index is 5.75. The Kier molecular flexibility index (Phi) is 3.43. The summed E-state index contributed by atoms with van der Waals surface area (Å²) in [5.41, 5.74) is 0. The molecule has 0 radical (unpaired) electrons. The summed E-state index contributed by atoms with van der Waals surface area (Å²) in [7, 11) is 0. The van der Waals surface area contributed by atoms with Crippen LogP contribution in [0.2, 0.25) is 0 Å². The lowest BCUT2D eigenvalue weighted by atomic mass is 10.2. The average molecular weight is 225 g/mol. The van der Waals surface area contributed by atoms with E-state index in [9.17, 15) is 0 Å². The lowest BCUT2D eigenvalue weighted by Gasteiger charge is -2.37. The maximum atomic E-state index is 5.75. The van der Waals surface area contributed by atoms with Gasteiger partial charge < -0.3 is 10.1 Å². The van der Waals surface area contributed by atoms with Crippen LogP contribution in [0, 0.1) is 0 Å². The summed E-state index contributed by atoms with van der Waals surface area (Å²) in [6.45, 7) is 9.05. The predicted octanol–water partition coefficient (Wildman–Crippen LogP) is -0.245. The first kappa shape index (κ1) is 11.0. The van der Waals surface area contributed by atoms with Crippen molar-refractivity contribution in [1.29, 1.82) is 0 Å². The second-order valence-corrected chi connectivity index (χ2v) is 5.26. The Labute approximate surface area is 97.9 Å². The lowest BCUT2D eigenvalue weighted by Crippen LogP contribution is -2.52. The van der Waals surface area contributed by atoms with Crippen LogP contribution in [0.1, 0.15) is 12.8 Å². The van der Waals surface area contributed by atoms with Crippen molar-refractivity contribution in [3.05, 3.63) is 0 Å². The van der Waals surface area contributed by atoms with Gasteiger partial charge in [0.1, 0.15) is 0 Å². The quantitative estimate of drug-likeness (QED) is 0.717. The molecule has 16 heavy (non-hydrogen) atoms. The number of nitrogens with zero attached hydrogens (tertiary/aromatic N) is 2. The van der Waals surface area contributed by atoms with Gasteiger partial charge in [-0.1, -0.05) is 0 Å². The summed E-state index contributed by atoms with van der Waals surface area (Å²) in [4.78, 5) is 5.23. The molecule has 0 spiro atoms. The topological polar surface area (TPSA) is 27.7 Å². The van der Waals surface area contributed by atoms with Gasteiger partial charge in [-0.2, -0.15) is 0 Å². The Morgan fingerprint density at radius 2 is 1.94 bits per heavy atom. The smallest absolute Gasteiger partial charge is 0.0826 e. The highest BCUT2D eigenvalue weighted by Crippen LogP contribution is 2.27. The number of hydrogen-bond donors (Lipinski definition) is 1. The standard InChI is InChI=1S/C12H23N3O/c1-2-11(1)15-6-4-14(5-7-15)10-12-9-13-3-8-16-12/h11-13H,1-10H2. The van der Waals surface area contributed by atoms with Crippen LogP contribution in [0.4, 0.5) is 0 Å². The molecule has 3 rings (SSSR count). The van der Waals surface area contributed by atoms with Gasteiger partial charge in [0.15, 0.2) is 0 Å². The van der Waals surface area contributed by atoms with Crippen LogP contribution in [0.5, 0.6) is 0 Å². The minimum absolute atomic E-state index is 0.418. The van der Waals surface area contributed by atoms with Gasteiger partial charge in [0.25, 0.3) is 0 Å². The van der Waals surface area contributed by atoms with Crippen molar-refractivity contribution < 1.29 is 4.74 Å². The molecule has 0 aromatic heterocycles. The molecule has 0 aromatic carbocycles. The molecule has 3 fully saturated rings. The number of nitrogens with one attached hydrogen (secondary N) is 1. The Bertz CT molecular complexity index is 218. The molecule has 4 nitrogen and oxygen atoms in total. The zero-order valence-corrected chi connectivity index (χ0v) is 10.0. The first-order valence-corrected chi connectivity index (χ1v) is 6.70. The fourth-order valence-electron chi connectivity index (χ4n) is 2.78. The van der Waals surface area contributed by atoms with Crippen LogP contribution in [-0.2, 0) is 4.74 Å². The van der Waals surface area contributed by atoms with E-state index in [-0.39, 0.29) is 0 Å². The Morgan fingerprint density at radius 1 is 1.12 bits per heavy atom. The van der Waals surface area contributed by atoms with E-state index in [4.69, 9.17) is 4.74 Å². The Balaban J connectivity index is 1.39. The van der Waals surface area contributed by atoms with E-state index in [1.807, 2.05) is 0 Å². The molecular weight excluding hydrogens is 202 g/mol. The highest BCUT2D eigenvalue weighted by molar-refractivity contribution is 4.88. The Morgan fingerprint density at radius 3 is 2.56 bits per heavy atom. The highest BCUT2D eigenvalue weighted by Gasteiger charge is 2.31. The molecular formula is C12H23N3O. The van der Waals surface area contributed by atoms with Crippen molar-refractivity contribution >= 4 is 0 Å². The molecule has 2 saturated heterocycles.